The van der Waals surface area contributed by atoms with Crippen molar-refractivity contribution in [2.75, 3.05) is 11.9 Å². The van der Waals surface area contributed by atoms with Gasteiger partial charge in [0.2, 0.25) is 0 Å². The maximum absolute atomic E-state index is 15.0. The van der Waals surface area contributed by atoms with Crippen molar-refractivity contribution in [2.24, 2.45) is 0 Å². The summed E-state index contributed by atoms with van der Waals surface area (Å²) in [5.74, 6) is -1.52. The van der Waals surface area contributed by atoms with Crippen molar-refractivity contribution in [1.82, 2.24) is 24.7 Å². The Morgan fingerprint density at radius 2 is 1.85 bits per heavy atom. The first kappa shape index (κ1) is 27.7. The second-order valence-electron chi connectivity index (χ2n) is 9.36. The summed E-state index contributed by atoms with van der Waals surface area (Å²) in [5, 5.41) is 15.8. The molecule has 2 N–H and O–H groups in total. The Labute approximate surface area is 241 Å². The maximum atomic E-state index is 15.0. The molecule has 5 rings (SSSR count). The van der Waals surface area contributed by atoms with Crippen molar-refractivity contribution >= 4 is 34.5 Å². The van der Waals surface area contributed by atoms with Crippen LogP contribution in [0.2, 0.25) is 5.02 Å². The summed E-state index contributed by atoms with van der Waals surface area (Å²) >= 11 is 6.59. The molecule has 206 valence electrons. The lowest BCUT2D eigenvalue weighted by Gasteiger charge is -2.13. The number of aryl methyl sites for hydroxylation is 2. The average molecular weight is 570 g/mol. The topological polar surface area (TPSA) is 90.9 Å². The molecule has 0 aliphatic heterocycles. The van der Waals surface area contributed by atoms with E-state index < -0.39 is 11.6 Å². The SMILES string of the molecule is C=C(NCCCc1ccncc1)c1ccc(Nc2nccn3c(-c4ccc(CCC#N)c(F)c4F)cnc23)cc1Cl. The van der Waals surface area contributed by atoms with Gasteiger partial charge in [-0.25, -0.2) is 18.7 Å². The molecule has 0 radical (unpaired) electrons. The molecular weight excluding hydrogens is 544 g/mol. The Morgan fingerprint density at radius 3 is 2.63 bits per heavy atom. The number of nitriles is 1. The van der Waals surface area contributed by atoms with Gasteiger partial charge in [0.15, 0.2) is 23.1 Å². The van der Waals surface area contributed by atoms with Crippen LogP contribution in [0.1, 0.15) is 29.5 Å². The van der Waals surface area contributed by atoms with Crippen molar-refractivity contribution in [2.45, 2.75) is 25.7 Å². The lowest BCUT2D eigenvalue weighted by atomic mass is 10.0. The van der Waals surface area contributed by atoms with Crippen LogP contribution in [0.4, 0.5) is 20.3 Å². The number of nitrogens with one attached hydrogen (secondary N) is 2. The molecule has 0 aliphatic carbocycles. The van der Waals surface area contributed by atoms with E-state index in [2.05, 4.69) is 32.2 Å². The molecule has 41 heavy (non-hydrogen) atoms. The smallest absolute Gasteiger partial charge is 0.180 e. The third kappa shape index (κ3) is 6.18. The fraction of sp³-hybridized carbons (Fsp3) is 0.161. The highest BCUT2D eigenvalue weighted by Crippen LogP contribution is 2.31. The highest BCUT2D eigenvalue weighted by Gasteiger charge is 2.19. The van der Waals surface area contributed by atoms with Crippen LogP contribution < -0.4 is 10.6 Å². The van der Waals surface area contributed by atoms with E-state index in [1.807, 2.05) is 30.3 Å². The molecule has 3 heterocycles. The van der Waals surface area contributed by atoms with Gasteiger partial charge in [-0.1, -0.05) is 24.2 Å². The number of fused-ring (bicyclic) bond motifs is 1. The third-order valence-corrected chi connectivity index (χ3v) is 6.97. The van der Waals surface area contributed by atoms with Crippen LogP contribution in [0.25, 0.3) is 22.6 Å². The summed E-state index contributed by atoms with van der Waals surface area (Å²) < 4.78 is 31.3. The van der Waals surface area contributed by atoms with Gasteiger partial charge >= 0.3 is 0 Å². The predicted molar refractivity (Wildman–Crippen MR) is 157 cm³/mol. The van der Waals surface area contributed by atoms with E-state index in [1.54, 1.807) is 35.3 Å². The second-order valence-corrected chi connectivity index (χ2v) is 9.76. The van der Waals surface area contributed by atoms with Crippen molar-refractivity contribution in [3.63, 3.8) is 0 Å². The zero-order valence-electron chi connectivity index (χ0n) is 22.0. The van der Waals surface area contributed by atoms with Crippen molar-refractivity contribution in [3.8, 4) is 17.3 Å². The van der Waals surface area contributed by atoms with E-state index in [1.165, 1.54) is 23.9 Å². The molecule has 0 bridgehead atoms. The Hall–Kier alpha value is -4.81. The molecule has 0 spiro atoms. The molecule has 3 aromatic heterocycles. The van der Waals surface area contributed by atoms with Crippen LogP contribution >= 0.6 is 11.6 Å². The van der Waals surface area contributed by atoms with Crippen molar-refractivity contribution in [3.05, 3.63) is 113 Å². The molecule has 0 saturated carbocycles. The van der Waals surface area contributed by atoms with E-state index in [-0.39, 0.29) is 24.0 Å². The van der Waals surface area contributed by atoms with Gasteiger partial charge in [-0.2, -0.15) is 5.26 Å². The highest BCUT2D eigenvalue weighted by atomic mass is 35.5. The summed E-state index contributed by atoms with van der Waals surface area (Å²) in [6.07, 6.45) is 10.3. The number of benzene rings is 2. The zero-order valence-corrected chi connectivity index (χ0v) is 22.8. The number of anilines is 2. The summed E-state index contributed by atoms with van der Waals surface area (Å²) in [7, 11) is 0. The van der Waals surface area contributed by atoms with Gasteiger partial charge in [-0.05, 0) is 66.8 Å². The predicted octanol–water partition coefficient (Wildman–Crippen LogP) is 7.12. The number of hydrogen-bond acceptors (Lipinski definition) is 6. The normalized spacial score (nSPS) is 10.9. The van der Waals surface area contributed by atoms with Crippen LogP contribution in [-0.4, -0.2) is 25.9 Å². The minimum atomic E-state index is -0.984. The van der Waals surface area contributed by atoms with Gasteiger partial charge in [0.25, 0.3) is 0 Å². The summed E-state index contributed by atoms with van der Waals surface area (Å²) in [4.78, 5) is 12.8. The molecule has 0 fully saturated rings. The molecule has 0 aliphatic rings. The Balaban J connectivity index is 1.29. The van der Waals surface area contributed by atoms with E-state index in [0.717, 1.165) is 30.6 Å². The average Bonchev–Trinajstić information content (AvgIpc) is 3.41. The summed E-state index contributed by atoms with van der Waals surface area (Å²) in [6.45, 7) is 4.88. The summed E-state index contributed by atoms with van der Waals surface area (Å²) in [5.41, 5.74) is 4.43. The minimum absolute atomic E-state index is 0.0621. The van der Waals surface area contributed by atoms with E-state index in [0.29, 0.717) is 27.9 Å². The van der Waals surface area contributed by atoms with Gasteiger partial charge in [0.05, 0.1) is 23.0 Å². The highest BCUT2D eigenvalue weighted by molar-refractivity contribution is 6.32. The molecule has 5 aromatic rings. The van der Waals surface area contributed by atoms with Gasteiger partial charge < -0.3 is 10.6 Å². The maximum Gasteiger partial charge on any atom is 0.180 e. The third-order valence-electron chi connectivity index (χ3n) is 6.66. The fourth-order valence-corrected chi connectivity index (χ4v) is 4.82. The van der Waals surface area contributed by atoms with Crippen LogP contribution in [0.5, 0.6) is 0 Å². The van der Waals surface area contributed by atoms with Crippen molar-refractivity contribution < 1.29 is 8.78 Å². The molecule has 7 nitrogen and oxygen atoms in total. The Kier molecular flexibility index (Phi) is 8.51. The number of imidazole rings is 1. The van der Waals surface area contributed by atoms with Crippen LogP contribution in [0.3, 0.4) is 0 Å². The molecule has 2 aromatic carbocycles. The first-order valence-electron chi connectivity index (χ1n) is 13.0. The lowest BCUT2D eigenvalue weighted by Crippen LogP contribution is -2.14. The first-order chi connectivity index (χ1) is 20.0. The lowest BCUT2D eigenvalue weighted by molar-refractivity contribution is 0.501. The minimum Gasteiger partial charge on any atom is -0.385 e. The Morgan fingerprint density at radius 1 is 1.02 bits per heavy atom. The van der Waals surface area contributed by atoms with Gasteiger partial charge in [0, 0.05) is 60.3 Å². The molecule has 0 unspecified atom stereocenters. The van der Waals surface area contributed by atoms with Crippen LogP contribution in [0, 0.1) is 23.0 Å². The molecular formula is C31H26ClF2N7. The first-order valence-corrected chi connectivity index (χ1v) is 13.4. The molecule has 0 amide bonds. The van der Waals surface area contributed by atoms with Gasteiger partial charge in [-0.15, -0.1) is 0 Å². The van der Waals surface area contributed by atoms with Crippen LogP contribution in [-0.2, 0) is 12.8 Å². The number of pyridine rings is 1. The number of halogens is 3. The van der Waals surface area contributed by atoms with E-state index >= 15 is 0 Å². The van der Waals surface area contributed by atoms with Crippen LogP contribution in [0.15, 0.2) is 80.0 Å². The van der Waals surface area contributed by atoms with E-state index in [4.69, 9.17) is 16.9 Å². The second kappa shape index (κ2) is 12.6. The monoisotopic (exact) mass is 569 g/mol. The number of nitrogens with zero attached hydrogens (tertiary/aromatic N) is 5. The molecule has 0 saturated heterocycles. The quantitative estimate of drug-likeness (QED) is 0.165. The fourth-order valence-electron chi connectivity index (χ4n) is 4.53. The summed E-state index contributed by atoms with van der Waals surface area (Å²) in [6, 6.07) is 14.5. The Bertz CT molecular complexity index is 1750. The van der Waals surface area contributed by atoms with E-state index in [9.17, 15) is 8.78 Å². The van der Waals surface area contributed by atoms with Crippen molar-refractivity contribution in [1.29, 1.82) is 5.26 Å². The standard InChI is InChI=1S/C31H26ClF2N7/c1-20(37-13-3-4-21-10-14-36-15-11-21)24-9-7-23(18-26(24)32)40-30-31-39-19-27(41(31)17-16-38-30)25-8-6-22(5-2-12-35)28(33)29(25)34/h6-11,14-19,37H,1-5,13H2,(H,38,40). The number of aromatic nitrogens is 4. The largest absolute Gasteiger partial charge is 0.385 e. The number of hydrogen-bond donors (Lipinski definition) is 2. The van der Waals surface area contributed by atoms with Gasteiger partial charge in [0.1, 0.15) is 0 Å². The molecule has 0 atom stereocenters. The zero-order chi connectivity index (χ0) is 28.8. The van der Waals surface area contributed by atoms with Gasteiger partial charge in [-0.3, -0.25) is 9.38 Å². The molecule has 10 heteroatoms. The number of rotatable bonds is 11.